The molecule has 0 saturated carbocycles. The highest BCUT2D eigenvalue weighted by molar-refractivity contribution is 5.56. The number of methoxy groups -OCH3 is 2. The van der Waals surface area contributed by atoms with Gasteiger partial charge in [0.05, 0.1) is 13.2 Å². The molecule has 3 heteroatoms. The SMILES string of the molecule is COc1ccc2c(c1)[C@@H](OC)CCN2. The van der Waals surface area contributed by atoms with Crippen molar-refractivity contribution in [3.05, 3.63) is 23.8 Å². The van der Waals surface area contributed by atoms with Gasteiger partial charge in [0.15, 0.2) is 0 Å². The Kier molecular flexibility index (Phi) is 2.59. The average Bonchev–Trinajstić information content (AvgIpc) is 2.27. The van der Waals surface area contributed by atoms with Crippen LogP contribution >= 0.6 is 0 Å². The van der Waals surface area contributed by atoms with Gasteiger partial charge in [-0.25, -0.2) is 0 Å². The highest BCUT2D eigenvalue weighted by Gasteiger charge is 2.19. The van der Waals surface area contributed by atoms with Crippen LogP contribution in [0.15, 0.2) is 18.2 Å². The summed E-state index contributed by atoms with van der Waals surface area (Å²) in [6.45, 7) is 0.970. The Morgan fingerprint density at radius 3 is 2.93 bits per heavy atom. The number of benzene rings is 1. The molecule has 1 aliphatic heterocycles. The van der Waals surface area contributed by atoms with Crippen molar-refractivity contribution in [2.24, 2.45) is 0 Å². The summed E-state index contributed by atoms with van der Waals surface area (Å²) < 4.78 is 10.6. The van der Waals surface area contributed by atoms with Crippen LogP contribution in [0.5, 0.6) is 5.75 Å². The lowest BCUT2D eigenvalue weighted by Gasteiger charge is -2.25. The first kappa shape index (κ1) is 9.34. The summed E-state index contributed by atoms with van der Waals surface area (Å²) in [6, 6.07) is 6.04. The third-order valence-electron chi connectivity index (χ3n) is 2.61. The van der Waals surface area contributed by atoms with Crippen molar-refractivity contribution in [1.29, 1.82) is 0 Å². The van der Waals surface area contributed by atoms with Crippen LogP contribution in [0.4, 0.5) is 5.69 Å². The third-order valence-corrected chi connectivity index (χ3v) is 2.61. The fourth-order valence-electron chi connectivity index (χ4n) is 1.83. The molecule has 0 aliphatic carbocycles. The molecule has 3 nitrogen and oxygen atoms in total. The van der Waals surface area contributed by atoms with Crippen LogP contribution in [-0.4, -0.2) is 20.8 Å². The number of anilines is 1. The lowest BCUT2D eigenvalue weighted by Crippen LogP contribution is -2.17. The van der Waals surface area contributed by atoms with Crippen LogP contribution in [0.2, 0.25) is 0 Å². The van der Waals surface area contributed by atoms with Crippen LogP contribution < -0.4 is 10.1 Å². The zero-order valence-electron chi connectivity index (χ0n) is 8.54. The Balaban J connectivity index is 2.38. The van der Waals surface area contributed by atoms with Crippen molar-refractivity contribution in [1.82, 2.24) is 0 Å². The molecule has 1 aromatic rings. The van der Waals surface area contributed by atoms with Crippen LogP contribution in [0.1, 0.15) is 18.1 Å². The van der Waals surface area contributed by atoms with E-state index < -0.39 is 0 Å². The second-order valence-electron chi connectivity index (χ2n) is 3.39. The molecule has 1 heterocycles. The van der Waals surface area contributed by atoms with Gasteiger partial charge in [-0.3, -0.25) is 0 Å². The predicted molar refractivity (Wildman–Crippen MR) is 55.9 cm³/mol. The van der Waals surface area contributed by atoms with Crippen molar-refractivity contribution in [3.8, 4) is 5.75 Å². The molecule has 1 aliphatic rings. The first-order valence-electron chi connectivity index (χ1n) is 4.79. The van der Waals surface area contributed by atoms with E-state index in [4.69, 9.17) is 9.47 Å². The zero-order valence-corrected chi connectivity index (χ0v) is 8.54. The fourth-order valence-corrected chi connectivity index (χ4v) is 1.83. The molecular formula is C11H15NO2. The van der Waals surface area contributed by atoms with Gasteiger partial charge in [0.25, 0.3) is 0 Å². The summed E-state index contributed by atoms with van der Waals surface area (Å²) in [4.78, 5) is 0. The minimum Gasteiger partial charge on any atom is -0.497 e. The Bertz CT molecular complexity index is 325. The number of ether oxygens (including phenoxy) is 2. The van der Waals surface area contributed by atoms with Crippen molar-refractivity contribution in [2.75, 3.05) is 26.1 Å². The molecule has 76 valence electrons. The third kappa shape index (κ3) is 1.55. The summed E-state index contributed by atoms with van der Waals surface area (Å²) in [7, 11) is 3.43. The van der Waals surface area contributed by atoms with E-state index in [1.165, 1.54) is 5.56 Å². The maximum atomic E-state index is 5.42. The molecule has 1 atom stereocenters. The van der Waals surface area contributed by atoms with Crippen LogP contribution in [0, 0.1) is 0 Å². The van der Waals surface area contributed by atoms with E-state index >= 15 is 0 Å². The minimum absolute atomic E-state index is 0.196. The van der Waals surface area contributed by atoms with E-state index in [0.717, 1.165) is 24.4 Å². The smallest absolute Gasteiger partial charge is 0.119 e. The summed E-state index contributed by atoms with van der Waals surface area (Å²) in [5.74, 6) is 0.884. The first-order valence-corrected chi connectivity index (χ1v) is 4.79. The largest absolute Gasteiger partial charge is 0.497 e. The molecule has 0 bridgehead atoms. The van der Waals surface area contributed by atoms with Gasteiger partial charge in [0.1, 0.15) is 5.75 Å². The van der Waals surface area contributed by atoms with E-state index in [2.05, 4.69) is 5.32 Å². The predicted octanol–water partition coefficient (Wildman–Crippen LogP) is 2.20. The topological polar surface area (TPSA) is 30.5 Å². The fraction of sp³-hybridized carbons (Fsp3) is 0.455. The lowest BCUT2D eigenvalue weighted by molar-refractivity contribution is 0.0963. The zero-order chi connectivity index (χ0) is 9.97. The van der Waals surface area contributed by atoms with E-state index in [1.807, 2.05) is 18.2 Å². The lowest BCUT2D eigenvalue weighted by atomic mass is 10.00. The molecule has 0 unspecified atom stereocenters. The monoisotopic (exact) mass is 193 g/mol. The van der Waals surface area contributed by atoms with Gasteiger partial charge in [-0.1, -0.05) is 0 Å². The molecule has 1 N–H and O–H groups in total. The first-order chi connectivity index (χ1) is 6.85. The molecule has 0 radical (unpaired) electrons. The molecule has 0 spiro atoms. The van der Waals surface area contributed by atoms with Gasteiger partial charge >= 0.3 is 0 Å². The highest BCUT2D eigenvalue weighted by atomic mass is 16.5. The summed E-state index contributed by atoms with van der Waals surface area (Å²) >= 11 is 0. The Hall–Kier alpha value is -1.22. The summed E-state index contributed by atoms with van der Waals surface area (Å²) in [6.07, 6.45) is 1.21. The number of nitrogens with one attached hydrogen (secondary N) is 1. The molecule has 14 heavy (non-hydrogen) atoms. The highest BCUT2D eigenvalue weighted by Crippen LogP contribution is 2.34. The average molecular weight is 193 g/mol. The molecule has 0 amide bonds. The Morgan fingerprint density at radius 2 is 2.21 bits per heavy atom. The van der Waals surface area contributed by atoms with Crippen molar-refractivity contribution in [2.45, 2.75) is 12.5 Å². The molecule has 0 aromatic heterocycles. The molecule has 0 fully saturated rings. The normalized spacial score (nSPS) is 19.7. The maximum absolute atomic E-state index is 5.42. The molecule has 2 rings (SSSR count). The molecule has 1 aromatic carbocycles. The minimum atomic E-state index is 0.196. The molecular weight excluding hydrogens is 178 g/mol. The van der Waals surface area contributed by atoms with Crippen LogP contribution in [0.3, 0.4) is 0 Å². The van der Waals surface area contributed by atoms with E-state index in [0.29, 0.717) is 0 Å². The maximum Gasteiger partial charge on any atom is 0.119 e. The standard InChI is InChI=1S/C11H15NO2/c1-13-8-3-4-10-9(7-8)11(14-2)5-6-12-10/h3-4,7,11-12H,5-6H2,1-2H3/t11-/m0/s1. The van der Waals surface area contributed by atoms with Crippen LogP contribution in [0.25, 0.3) is 0 Å². The van der Waals surface area contributed by atoms with Gasteiger partial charge in [0, 0.05) is 24.9 Å². The summed E-state index contributed by atoms with van der Waals surface area (Å²) in [5.41, 5.74) is 2.35. The molecule has 0 saturated heterocycles. The second kappa shape index (κ2) is 3.88. The number of rotatable bonds is 2. The van der Waals surface area contributed by atoms with Gasteiger partial charge in [-0.15, -0.1) is 0 Å². The van der Waals surface area contributed by atoms with Gasteiger partial charge < -0.3 is 14.8 Å². The summed E-state index contributed by atoms with van der Waals surface area (Å²) in [5, 5.41) is 3.34. The van der Waals surface area contributed by atoms with Crippen LogP contribution in [-0.2, 0) is 4.74 Å². The van der Waals surface area contributed by atoms with Gasteiger partial charge in [0.2, 0.25) is 0 Å². The van der Waals surface area contributed by atoms with E-state index in [1.54, 1.807) is 14.2 Å². The number of hydrogen-bond donors (Lipinski definition) is 1. The van der Waals surface area contributed by atoms with Crippen molar-refractivity contribution in [3.63, 3.8) is 0 Å². The van der Waals surface area contributed by atoms with Gasteiger partial charge in [-0.2, -0.15) is 0 Å². The van der Waals surface area contributed by atoms with E-state index in [-0.39, 0.29) is 6.10 Å². The van der Waals surface area contributed by atoms with Crippen molar-refractivity contribution < 1.29 is 9.47 Å². The number of hydrogen-bond acceptors (Lipinski definition) is 3. The quantitative estimate of drug-likeness (QED) is 0.781. The van der Waals surface area contributed by atoms with Crippen molar-refractivity contribution >= 4 is 5.69 Å². The van der Waals surface area contributed by atoms with E-state index in [9.17, 15) is 0 Å². The Morgan fingerprint density at radius 1 is 1.36 bits per heavy atom. The Labute approximate surface area is 84.0 Å². The van der Waals surface area contributed by atoms with Gasteiger partial charge in [-0.05, 0) is 24.6 Å². The second-order valence-corrected chi connectivity index (χ2v) is 3.39. The number of fused-ring (bicyclic) bond motifs is 1.